The topological polar surface area (TPSA) is 36.1 Å². The molecular formula is C12H10N2. The summed E-state index contributed by atoms with van der Waals surface area (Å²) in [5, 5.41) is 8.64. The molecule has 1 heterocycles. The van der Waals surface area contributed by atoms with Gasteiger partial charge in [0.1, 0.15) is 0 Å². The van der Waals surface area contributed by atoms with E-state index in [4.69, 9.17) is 5.26 Å². The maximum Gasteiger partial charge on any atom is 0.0991 e. The van der Waals surface area contributed by atoms with Crippen LogP contribution in [0.1, 0.15) is 24.0 Å². The number of hydrogen-bond donors (Lipinski definition) is 0. The second-order valence-corrected chi connectivity index (χ2v) is 3.17. The quantitative estimate of drug-likeness (QED) is 0.657. The van der Waals surface area contributed by atoms with Gasteiger partial charge in [0.2, 0.25) is 0 Å². The van der Waals surface area contributed by atoms with Crippen LogP contribution >= 0.6 is 0 Å². The lowest BCUT2D eigenvalue weighted by molar-refractivity contribution is 1.09. The number of rotatable bonds is 1. The van der Waals surface area contributed by atoms with Gasteiger partial charge in [-0.3, -0.25) is 4.99 Å². The van der Waals surface area contributed by atoms with E-state index < -0.39 is 0 Å². The predicted molar refractivity (Wildman–Crippen MR) is 56.9 cm³/mol. The van der Waals surface area contributed by atoms with Crippen LogP contribution < -0.4 is 0 Å². The molecule has 0 aromatic heterocycles. The molecule has 0 spiro atoms. The molecule has 1 aliphatic rings. The summed E-state index contributed by atoms with van der Waals surface area (Å²) in [6.45, 7) is 0. The van der Waals surface area contributed by atoms with Crippen molar-refractivity contribution in [1.29, 1.82) is 5.26 Å². The Morgan fingerprint density at radius 3 is 2.50 bits per heavy atom. The molecule has 0 atom stereocenters. The zero-order chi connectivity index (χ0) is 9.80. The van der Waals surface area contributed by atoms with Gasteiger partial charge in [-0.15, -0.1) is 0 Å². The Hall–Kier alpha value is -1.88. The van der Waals surface area contributed by atoms with E-state index in [-0.39, 0.29) is 0 Å². The van der Waals surface area contributed by atoms with Crippen molar-refractivity contribution in [2.45, 2.75) is 12.8 Å². The first-order valence-corrected chi connectivity index (χ1v) is 4.63. The van der Waals surface area contributed by atoms with Crippen molar-refractivity contribution in [3.63, 3.8) is 0 Å². The van der Waals surface area contributed by atoms with E-state index in [1.165, 1.54) is 0 Å². The monoisotopic (exact) mass is 182 g/mol. The van der Waals surface area contributed by atoms with E-state index in [0.29, 0.717) is 5.56 Å². The van der Waals surface area contributed by atoms with Gasteiger partial charge in [0.15, 0.2) is 0 Å². The number of benzene rings is 1. The highest BCUT2D eigenvalue weighted by Crippen LogP contribution is 2.19. The average Bonchev–Trinajstić information content (AvgIpc) is 2.30. The van der Waals surface area contributed by atoms with Gasteiger partial charge < -0.3 is 0 Å². The number of allylic oxidation sites excluding steroid dienone is 1. The summed E-state index contributed by atoms with van der Waals surface area (Å²) in [4.78, 5) is 4.31. The molecule has 2 heteroatoms. The lowest BCUT2D eigenvalue weighted by Crippen LogP contribution is -1.88. The first-order valence-electron chi connectivity index (χ1n) is 4.63. The van der Waals surface area contributed by atoms with E-state index in [2.05, 4.69) is 17.1 Å². The molecule has 0 amide bonds. The second kappa shape index (κ2) is 3.89. The lowest BCUT2D eigenvalue weighted by atomic mass is 10.1. The van der Waals surface area contributed by atoms with Crippen LogP contribution in [0.2, 0.25) is 0 Å². The van der Waals surface area contributed by atoms with Crippen LogP contribution in [0.4, 0.5) is 0 Å². The summed E-state index contributed by atoms with van der Waals surface area (Å²) >= 11 is 0. The molecule has 0 saturated carbocycles. The minimum absolute atomic E-state index is 0.689. The van der Waals surface area contributed by atoms with Crippen molar-refractivity contribution in [3.05, 3.63) is 41.5 Å². The van der Waals surface area contributed by atoms with Crippen molar-refractivity contribution < 1.29 is 0 Å². The molecular weight excluding hydrogens is 172 g/mol. The van der Waals surface area contributed by atoms with Crippen LogP contribution in [0.5, 0.6) is 0 Å². The molecule has 0 bridgehead atoms. The van der Waals surface area contributed by atoms with Gasteiger partial charge in [-0.05, 0) is 30.5 Å². The predicted octanol–water partition coefficient (Wildman–Crippen LogP) is 2.76. The summed E-state index contributed by atoms with van der Waals surface area (Å²) in [6, 6.07) is 9.61. The SMILES string of the molecule is N#Cc1ccc(C2=CCCC=N2)cc1. The third-order valence-corrected chi connectivity index (χ3v) is 2.17. The van der Waals surface area contributed by atoms with Crippen LogP contribution in [-0.4, -0.2) is 6.21 Å². The smallest absolute Gasteiger partial charge is 0.0991 e. The van der Waals surface area contributed by atoms with Gasteiger partial charge in [0.25, 0.3) is 0 Å². The summed E-state index contributed by atoms with van der Waals surface area (Å²) in [5.74, 6) is 0. The Morgan fingerprint density at radius 1 is 1.14 bits per heavy atom. The minimum Gasteiger partial charge on any atom is -0.261 e. The second-order valence-electron chi connectivity index (χ2n) is 3.17. The van der Waals surface area contributed by atoms with Crippen LogP contribution in [0.25, 0.3) is 5.70 Å². The molecule has 1 aromatic rings. The molecule has 68 valence electrons. The summed E-state index contributed by atoms with van der Waals surface area (Å²) in [5.41, 5.74) is 2.79. The largest absolute Gasteiger partial charge is 0.261 e. The minimum atomic E-state index is 0.689. The highest BCUT2D eigenvalue weighted by molar-refractivity contribution is 5.76. The van der Waals surface area contributed by atoms with Crippen molar-refractivity contribution >= 4 is 11.9 Å². The molecule has 0 aliphatic carbocycles. The average molecular weight is 182 g/mol. The molecule has 2 nitrogen and oxygen atoms in total. The van der Waals surface area contributed by atoms with Crippen LogP contribution in [0, 0.1) is 11.3 Å². The Morgan fingerprint density at radius 2 is 1.93 bits per heavy atom. The Bertz CT molecular complexity index is 419. The molecule has 2 rings (SSSR count). The van der Waals surface area contributed by atoms with Crippen LogP contribution in [-0.2, 0) is 0 Å². The number of hydrogen-bond acceptors (Lipinski definition) is 2. The van der Waals surface area contributed by atoms with Gasteiger partial charge >= 0.3 is 0 Å². The van der Waals surface area contributed by atoms with E-state index >= 15 is 0 Å². The highest BCUT2D eigenvalue weighted by atomic mass is 14.7. The Kier molecular flexibility index (Phi) is 2.42. The van der Waals surface area contributed by atoms with Crippen molar-refractivity contribution in [3.8, 4) is 6.07 Å². The Balaban J connectivity index is 2.30. The van der Waals surface area contributed by atoms with Gasteiger partial charge in [-0.1, -0.05) is 18.2 Å². The lowest BCUT2D eigenvalue weighted by Gasteiger charge is -2.05. The van der Waals surface area contributed by atoms with E-state index in [1.54, 1.807) is 0 Å². The maximum atomic E-state index is 8.64. The summed E-state index contributed by atoms with van der Waals surface area (Å²) in [6.07, 6.45) is 6.15. The fourth-order valence-corrected chi connectivity index (χ4v) is 1.42. The van der Waals surface area contributed by atoms with Gasteiger partial charge in [0, 0.05) is 6.21 Å². The maximum absolute atomic E-state index is 8.64. The highest BCUT2D eigenvalue weighted by Gasteiger charge is 2.01. The van der Waals surface area contributed by atoms with Crippen molar-refractivity contribution in [2.24, 2.45) is 4.99 Å². The van der Waals surface area contributed by atoms with Crippen LogP contribution in [0.15, 0.2) is 35.3 Å². The van der Waals surface area contributed by atoms with Crippen molar-refractivity contribution in [2.75, 3.05) is 0 Å². The van der Waals surface area contributed by atoms with E-state index in [1.807, 2.05) is 30.5 Å². The molecule has 1 aromatic carbocycles. The fraction of sp³-hybridized carbons (Fsp3) is 0.167. The number of nitriles is 1. The third-order valence-electron chi connectivity index (χ3n) is 2.17. The molecule has 0 radical (unpaired) electrons. The Labute approximate surface area is 83.2 Å². The van der Waals surface area contributed by atoms with Crippen LogP contribution in [0.3, 0.4) is 0 Å². The third kappa shape index (κ3) is 1.72. The molecule has 0 fully saturated rings. The summed E-state index contributed by atoms with van der Waals surface area (Å²) < 4.78 is 0. The number of nitrogens with zero attached hydrogens (tertiary/aromatic N) is 2. The van der Waals surface area contributed by atoms with E-state index in [0.717, 1.165) is 24.1 Å². The molecule has 14 heavy (non-hydrogen) atoms. The molecule has 0 N–H and O–H groups in total. The van der Waals surface area contributed by atoms with Gasteiger partial charge in [-0.2, -0.15) is 5.26 Å². The zero-order valence-corrected chi connectivity index (χ0v) is 7.77. The molecule has 0 unspecified atom stereocenters. The molecule has 0 saturated heterocycles. The fourth-order valence-electron chi connectivity index (χ4n) is 1.42. The van der Waals surface area contributed by atoms with Gasteiger partial charge in [0.05, 0.1) is 17.3 Å². The van der Waals surface area contributed by atoms with Crippen molar-refractivity contribution in [1.82, 2.24) is 0 Å². The molecule has 1 aliphatic heterocycles. The first-order chi connectivity index (χ1) is 6.90. The van der Waals surface area contributed by atoms with Gasteiger partial charge in [-0.25, -0.2) is 0 Å². The summed E-state index contributed by atoms with van der Waals surface area (Å²) in [7, 11) is 0. The first kappa shape index (κ1) is 8.71. The standard InChI is InChI=1S/C12H10N2/c13-9-10-4-6-11(7-5-10)12-3-1-2-8-14-12/h3-8H,1-2H2. The van der Waals surface area contributed by atoms with E-state index in [9.17, 15) is 0 Å². The number of aliphatic imine (C=N–C) groups is 1. The normalized spacial score (nSPS) is 14.6. The zero-order valence-electron chi connectivity index (χ0n) is 7.77.